The molecular weight excluding hydrogens is 106 g/mol. The van der Waals surface area contributed by atoms with Crippen molar-refractivity contribution in [3.05, 3.63) is 4.91 Å². The number of hydrogen-bond donors (Lipinski definition) is 2. The molecule has 8 heavy (non-hydrogen) atoms. The first-order valence-corrected chi connectivity index (χ1v) is 2.72. The van der Waals surface area contributed by atoms with Gasteiger partial charge in [0.15, 0.2) is 0 Å². The van der Waals surface area contributed by atoms with Crippen molar-refractivity contribution in [2.75, 3.05) is 13.1 Å². The second-order valence-electron chi connectivity index (χ2n) is 1.91. The highest BCUT2D eigenvalue weighted by Gasteiger charge is 2.12. The van der Waals surface area contributed by atoms with Crippen LogP contribution in [0.15, 0.2) is 5.29 Å². The SMILES string of the molecule is O=NNC1CCNC1. The van der Waals surface area contributed by atoms with Gasteiger partial charge in [-0.3, -0.25) is 5.43 Å². The maximum Gasteiger partial charge on any atom is 0.0608 e. The highest BCUT2D eigenvalue weighted by molar-refractivity contribution is 4.74. The lowest BCUT2D eigenvalue weighted by molar-refractivity contribution is 0.569. The van der Waals surface area contributed by atoms with Crippen molar-refractivity contribution in [3.63, 3.8) is 0 Å². The number of nitroso groups, excluding NO2 is 1. The minimum Gasteiger partial charge on any atom is -0.315 e. The third-order valence-electron chi connectivity index (χ3n) is 1.30. The zero-order chi connectivity index (χ0) is 5.82. The molecule has 1 aliphatic rings. The third-order valence-corrected chi connectivity index (χ3v) is 1.30. The molecule has 1 aliphatic heterocycles. The fourth-order valence-corrected chi connectivity index (χ4v) is 0.839. The Hall–Kier alpha value is -0.640. The third kappa shape index (κ3) is 1.16. The van der Waals surface area contributed by atoms with Crippen molar-refractivity contribution in [1.82, 2.24) is 10.7 Å². The Balaban J connectivity index is 2.14. The second-order valence-corrected chi connectivity index (χ2v) is 1.91. The van der Waals surface area contributed by atoms with E-state index in [1.807, 2.05) is 0 Å². The van der Waals surface area contributed by atoms with Gasteiger partial charge >= 0.3 is 0 Å². The average molecular weight is 115 g/mol. The summed E-state index contributed by atoms with van der Waals surface area (Å²) in [4.78, 5) is 9.57. The van der Waals surface area contributed by atoms with Crippen LogP contribution in [-0.4, -0.2) is 19.1 Å². The van der Waals surface area contributed by atoms with E-state index in [9.17, 15) is 4.91 Å². The van der Waals surface area contributed by atoms with E-state index in [1.54, 1.807) is 0 Å². The summed E-state index contributed by atoms with van der Waals surface area (Å²) in [5, 5.41) is 5.67. The van der Waals surface area contributed by atoms with E-state index in [-0.39, 0.29) is 6.04 Å². The lowest BCUT2D eigenvalue weighted by atomic mass is 10.3. The standard InChI is InChI=1S/C4H9N3O/c8-7-6-4-1-2-5-3-4/h4-5H,1-3H2,(H,6,8). The highest BCUT2D eigenvalue weighted by atomic mass is 16.3. The maximum absolute atomic E-state index is 9.57. The van der Waals surface area contributed by atoms with Gasteiger partial charge in [-0.05, 0) is 13.0 Å². The van der Waals surface area contributed by atoms with Crippen LogP contribution in [0.25, 0.3) is 0 Å². The monoisotopic (exact) mass is 115 g/mol. The Morgan fingerprint density at radius 1 is 1.75 bits per heavy atom. The van der Waals surface area contributed by atoms with Crippen LogP contribution in [0.2, 0.25) is 0 Å². The number of nitrogens with one attached hydrogen (secondary N) is 2. The van der Waals surface area contributed by atoms with Gasteiger partial charge in [-0.15, -0.1) is 4.91 Å². The van der Waals surface area contributed by atoms with Gasteiger partial charge in [0, 0.05) is 11.8 Å². The molecule has 2 N–H and O–H groups in total. The molecule has 1 fully saturated rings. The Morgan fingerprint density at radius 2 is 2.62 bits per heavy atom. The molecule has 0 bridgehead atoms. The van der Waals surface area contributed by atoms with Gasteiger partial charge in [0.1, 0.15) is 0 Å². The molecule has 0 aliphatic carbocycles. The predicted molar refractivity (Wildman–Crippen MR) is 30.2 cm³/mol. The summed E-state index contributed by atoms with van der Waals surface area (Å²) in [5.41, 5.74) is 2.45. The molecule has 0 amide bonds. The zero-order valence-corrected chi connectivity index (χ0v) is 4.55. The Morgan fingerprint density at radius 3 is 3.12 bits per heavy atom. The number of rotatable bonds is 2. The Labute approximate surface area is 47.6 Å². The molecule has 0 aromatic rings. The van der Waals surface area contributed by atoms with Crippen molar-refractivity contribution in [1.29, 1.82) is 0 Å². The van der Waals surface area contributed by atoms with Crippen LogP contribution in [-0.2, 0) is 0 Å². The van der Waals surface area contributed by atoms with Gasteiger partial charge in [-0.25, -0.2) is 0 Å². The molecule has 4 heteroatoms. The van der Waals surface area contributed by atoms with E-state index in [2.05, 4.69) is 16.0 Å². The normalized spacial score (nSPS) is 27.8. The van der Waals surface area contributed by atoms with Gasteiger partial charge < -0.3 is 5.32 Å². The topological polar surface area (TPSA) is 53.5 Å². The summed E-state index contributed by atoms with van der Waals surface area (Å²) >= 11 is 0. The van der Waals surface area contributed by atoms with Crippen LogP contribution in [0.5, 0.6) is 0 Å². The van der Waals surface area contributed by atoms with E-state index in [0.29, 0.717) is 0 Å². The van der Waals surface area contributed by atoms with E-state index < -0.39 is 0 Å². The smallest absolute Gasteiger partial charge is 0.0608 e. The fourth-order valence-electron chi connectivity index (χ4n) is 0.839. The van der Waals surface area contributed by atoms with Gasteiger partial charge in [0.05, 0.1) is 6.04 Å². The lowest BCUT2D eigenvalue weighted by Gasteiger charge is -2.00. The lowest BCUT2D eigenvalue weighted by Crippen LogP contribution is -2.25. The van der Waals surface area contributed by atoms with Crippen molar-refractivity contribution >= 4 is 0 Å². The summed E-state index contributed by atoms with van der Waals surface area (Å²) in [5.74, 6) is 0. The van der Waals surface area contributed by atoms with E-state index in [1.165, 1.54) is 0 Å². The van der Waals surface area contributed by atoms with Crippen LogP contribution in [0, 0.1) is 4.91 Å². The van der Waals surface area contributed by atoms with Gasteiger partial charge in [-0.2, -0.15) is 0 Å². The van der Waals surface area contributed by atoms with Crippen LogP contribution in [0.1, 0.15) is 6.42 Å². The molecule has 0 aromatic carbocycles. The zero-order valence-electron chi connectivity index (χ0n) is 4.55. The molecule has 0 radical (unpaired) electrons. The molecule has 46 valence electrons. The van der Waals surface area contributed by atoms with Crippen LogP contribution >= 0.6 is 0 Å². The molecular formula is C4H9N3O. The summed E-state index contributed by atoms with van der Waals surface area (Å²) in [6, 6.07) is 0.271. The van der Waals surface area contributed by atoms with Gasteiger partial charge in [0.25, 0.3) is 0 Å². The maximum atomic E-state index is 9.57. The van der Waals surface area contributed by atoms with Crippen molar-refractivity contribution < 1.29 is 0 Å². The first-order chi connectivity index (χ1) is 3.93. The molecule has 1 heterocycles. The van der Waals surface area contributed by atoms with E-state index >= 15 is 0 Å². The summed E-state index contributed by atoms with van der Waals surface area (Å²) in [6.45, 7) is 1.86. The molecule has 0 spiro atoms. The largest absolute Gasteiger partial charge is 0.315 e. The average Bonchev–Trinajstić information content (AvgIpc) is 2.19. The van der Waals surface area contributed by atoms with E-state index in [4.69, 9.17) is 0 Å². The minimum absolute atomic E-state index is 0.271. The quantitative estimate of drug-likeness (QED) is 0.381. The van der Waals surface area contributed by atoms with E-state index in [0.717, 1.165) is 19.5 Å². The Bertz CT molecular complexity index is 79.4. The summed E-state index contributed by atoms with van der Waals surface area (Å²) < 4.78 is 0. The summed E-state index contributed by atoms with van der Waals surface area (Å²) in [6.07, 6.45) is 1.01. The van der Waals surface area contributed by atoms with Crippen molar-refractivity contribution in [2.45, 2.75) is 12.5 Å². The van der Waals surface area contributed by atoms with Crippen LogP contribution < -0.4 is 10.7 Å². The predicted octanol–water partition coefficient (Wildman–Crippen LogP) is -0.381. The minimum atomic E-state index is 0.271. The fraction of sp³-hybridized carbons (Fsp3) is 1.00. The van der Waals surface area contributed by atoms with Gasteiger partial charge in [0.2, 0.25) is 0 Å². The second kappa shape index (κ2) is 2.61. The molecule has 0 aromatic heterocycles. The number of hydrogen-bond acceptors (Lipinski definition) is 3. The summed E-state index contributed by atoms with van der Waals surface area (Å²) in [7, 11) is 0. The molecule has 1 saturated heterocycles. The first-order valence-electron chi connectivity index (χ1n) is 2.72. The van der Waals surface area contributed by atoms with Crippen LogP contribution in [0.4, 0.5) is 0 Å². The Kier molecular flexibility index (Phi) is 1.80. The van der Waals surface area contributed by atoms with Crippen molar-refractivity contribution in [3.8, 4) is 0 Å². The first kappa shape index (κ1) is 5.50. The van der Waals surface area contributed by atoms with Crippen molar-refractivity contribution in [2.24, 2.45) is 5.29 Å². The highest BCUT2D eigenvalue weighted by Crippen LogP contribution is 1.95. The molecule has 1 atom stereocenters. The van der Waals surface area contributed by atoms with Gasteiger partial charge in [-0.1, -0.05) is 0 Å². The number of nitrogens with zero attached hydrogens (tertiary/aromatic N) is 1. The molecule has 4 nitrogen and oxygen atoms in total. The van der Waals surface area contributed by atoms with Crippen LogP contribution in [0.3, 0.4) is 0 Å². The molecule has 1 unspecified atom stereocenters. The molecule has 0 saturated carbocycles. The molecule has 1 rings (SSSR count).